The van der Waals surface area contributed by atoms with Gasteiger partial charge in [-0.1, -0.05) is 69.0 Å². The van der Waals surface area contributed by atoms with E-state index in [-0.39, 0.29) is 40.7 Å². The fraction of sp³-hybridized carbons (Fsp3) is 0.389. The Bertz CT molecular complexity index is 1570. The predicted molar refractivity (Wildman–Crippen MR) is 182 cm³/mol. The van der Waals surface area contributed by atoms with Crippen LogP contribution in [-0.2, 0) is 20.7 Å². The van der Waals surface area contributed by atoms with Crippen LogP contribution in [0.2, 0.25) is 0 Å². The SMILES string of the molecule is CCCCCCCC(OC(=O)C(Cc1ccc(N(CCCl)CCCl)cc1)NC=O)c1cc(O)c2c(c1O)C(=O)c1ccccc1C2=O. The molecule has 2 atom stereocenters. The zero-order valence-corrected chi connectivity index (χ0v) is 27.9. The van der Waals surface area contributed by atoms with Gasteiger partial charge in [0.15, 0.2) is 11.6 Å². The fourth-order valence-electron chi connectivity index (χ4n) is 5.90. The van der Waals surface area contributed by atoms with Crippen LogP contribution in [0.1, 0.15) is 94.5 Å². The average molecular weight is 684 g/mol. The van der Waals surface area contributed by atoms with Crippen LogP contribution >= 0.6 is 23.2 Å². The van der Waals surface area contributed by atoms with Gasteiger partial charge >= 0.3 is 5.97 Å². The first-order chi connectivity index (χ1) is 22.7. The maximum atomic E-state index is 13.6. The molecule has 1 amide bonds. The van der Waals surface area contributed by atoms with Crippen LogP contribution in [0, 0.1) is 0 Å². The van der Waals surface area contributed by atoms with E-state index in [4.69, 9.17) is 27.9 Å². The smallest absolute Gasteiger partial charge is 0.329 e. The van der Waals surface area contributed by atoms with Crippen molar-refractivity contribution < 1.29 is 34.1 Å². The monoisotopic (exact) mass is 682 g/mol. The van der Waals surface area contributed by atoms with Crippen molar-refractivity contribution in [2.75, 3.05) is 29.7 Å². The number of benzene rings is 3. The van der Waals surface area contributed by atoms with Crippen LogP contribution in [0.25, 0.3) is 0 Å². The van der Waals surface area contributed by atoms with Crippen LogP contribution in [-0.4, -0.2) is 65.1 Å². The van der Waals surface area contributed by atoms with E-state index in [0.717, 1.165) is 36.9 Å². The summed E-state index contributed by atoms with van der Waals surface area (Å²) in [5.41, 5.74) is 1.32. The Morgan fingerprint density at radius 2 is 1.53 bits per heavy atom. The highest BCUT2D eigenvalue weighted by molar-refractivity contribution is 6.30. The summed E-state index contributed by atoms with van der Waals surface area (Å²) in [4.78, 5) is 54.0. The second kappa shape index (κ2) is 17.2. The number of phenols is 2. The number of ketones is 2. The molecule has 4 rings (SSSR count). The Hall–Kier alpha value is -4.08. The molecule has 2 unspecified atom stereocenters. The molecule has 250 valence electrons. The number of anilines is 1. The highest BCUT2D eigenvalue weighted by Gasteiger charge is 2.37. The first kappa shape index (κ1) is 35.8. The lowest BCUT2D eigenvalue weighted by molar-refractivity contribution is -0.153. The number of alkyl halides is 2. The van der Waals surface area contributed by atoms with Gasteiger partial charge in [-0.15, -0.1) is 23.2 Å². The topological polar surface area (TPSA) is 133 Å². The molecule has 0 aliphatic heterocycles. The third-order valence-electron chi connectivity index (χ3n) is 8.36. The maximum Gasteiger partial charge on any atom is 0.329 e. The van der Waals surface area contributed by atoms with Gasteiger partial charge in [0.05, 0.1) is 11.1 Å². The number of fused-ring (bicyclic) bond motifs is 2. The standard InChI is InChI=1S/C36H40Cl2N2O7/c1-2-3-4-5-6-11-30(27-21-29(42)31-32(35(27)45)34(44)26-10-8-7-9-25(26)33(31)43)47-36(46)28(39-22-41)20-23-12-14-24(15-13-23)40(18-16-37)19-17-38/h7-10,12-15,21-22,28,30,42,45H,2-6,11,16-20H2,1H3,(H,39,41). The Balaban J connectivity index is 1.62. The number of hydrogen-bond donors (Lipinski definition) is 3. The molecule has 0 spiro atoms. The summed E-state index contributed by atoms with van der Waals surface area (Å²) in [5.74, 6) is -2.10. The van der Waals surface area contributed by atoms with Crippen LogP contribution in [0.3, 0.4) is 0 Å². The molecule has 0 saturated carbocycles. The van der Waals surface area contributed by atoms with E-state index in [0.29, 0.717) is 37.7 Å². The van der Waals surface area contributed by atoms with E-state index in [9.17, 15) is 29.4 Å². The highest BCUT2D eigenvalue weighted by Crippen LogP contribution is 2.44. The van der Waals surface area contributed by atoms with Gasteiger partial charge in [-0.25, -0.2) is 4.79 Å². The lowest BCUT2D eigenvalue weighted by Gasteiger charge is -2.26. The Morgan fingerprint density at radius 1 is 0.915 bits per heavy atom. The minimum absolute atomic E-state index is 0.0125. The first-order valence-corrected chi connectivity index (χ1v) is 17.0. The molecule has 0 fully saturated rings. The van der Waals surface area contributed by atoms with E-state index in [1.165, 1.54) is 18.2 Å². The van der Waals surface area contributed by atoms with Gasteiger partial charge in [-0.2, -0.15) is 0 Å². The van der Waals surface area contributed by atoms with E-state index in [1.54, 1.807) is 12.1 Å². The van der Waals surface area contributed by atoms with Crippen LogP contribution in [0.15, 0.2) is 54.6 Å². The summed E-state index contributed by atoms with van der Waals surface area (Å²) in [5, 5.41) is 25.0. The normalized spacial score (nSPS) is 13.3. The second-order valence-electron chi connectivity index (χ2n) is 11.5. The van der Waals surface area contributed by atoms with Crippen molar-refractivity contribution in [3.05, 3.63) is 88.0 Å². The second-order valence-corrected chi connectivity index (χ2v) is 12.2. The quantitative estimate of drug-likeness (QED) is 0.0358. The Labute approximate surface area is 284 Å². The van der Waals surface area contributed by atoms with Crippen molar-refractivity contribution in [1.82, 2.24) is 5.32 Å². The number of amides is 1. The van der Waals surface area contributed by atoms with Gasteiger partial charge < -0.3 is 25.2 Å². The molecule has 3 aromatic carbocycles. The number of halogens is 2. The van der Waals surface area contributed by atoms with Crippen molar-refractivity contribution in [3.8, 4) is 11.5 Å². The summed E-state index contributed by atoms with van der Waals surface area (Å²) in [7, 11) is 0. The van der Waals surface area contributed by atoms with Gasteiger partial charge in [0, 0.05) is 53.6 Å². The highest BCUT2D eigenvalue weighted by atomic mass is 35.5. The third kappa shape index (κ3) is 8.45. The number of aromatic hydroxyl groups is 2. The van der Waals surface area contributed by atoms with Crippen molar-refractivity contribution in [3.63, 3.8) is 0 Å². The molecule has 11 heteroatoms. The van der Waals surface area contributed by atoms with Gasteiger partial charge in [-0.3, -0.25) is 14.4 Å². The number of phenolic OH excluding ortho intramolecular Hbond substituents is 2. The molecule has 0 heterocycles. The molecule has 1 aliphatic carbocycles. The number of nitrogens with zero attached hydrogens (tertiary/aromatic N) is 1. The number of hydrogen-bond acceptors (Lipinski definition) is 8. The third-order valence-corrected chi connectivity index (χ3v) is 8.70. The van der Waals surface area contributed by atoms with Gasteiger partial charge in [-0.05, 0) is 36.6 Å². The molecular formula is C36H40Cl2N2O7. The molecule has 0 bridgehead atoms. The van der Waals surface area contributed by atoms with Crippen LogP contribution in [0.4, 0.5) is 5.69 Å². The minimum atomic E-state index is -1.07. The zero-order chi connectivity index (χ0) is 33.9. The maximum absolute atomic E-state index is 13.6. The molecule has 47 heavy (non-hydrogen) atoms. The van der Waals surface area contributed by atoms with Crippen molar-refractivity contribution in [2.24, 2.45) is 0 Å². The summed E-state index contributed by atoms with van der Waals surface area (Å²) in [6, 6.07) is 13.8. The lowest BCUT2D eigenvalue weighted by Crippen LogP contribution is -2.39. The Kier molecular flexibility index (Phi) is 13.1. The number of rotatable bonds is 18. The number of ether oxygens (including phenoxy) is 1. The van der Waals surface area contributed by atoms with Gasteiger partial charge in [0.2, 0.25) is 6.41 Å². The molecule has 3 aromatic rings. The predicted octanol–water partition coefficient (Wildman–Crippen LogP) is 6.46. The molecule has 0 radical (unpaired) electrons. The summed E-state index contributed by atoms with van der Waals surface area (Å²) >= 11 is 11.9. The minimum Gasteiger partial charge on any atom is -0.507 e. The van der Waals surface area contributed by atoms with E-state index in [1.807, 2.05) is 29.2 Å². The number of esters is 1. The summed E-state index contributed by atoms with van der Waals surface area (Å²) in [6.07, 6.45) is 4.23. The molecule has 0 saturated heterocycles. The van der Waals surface area contributed by atoms with E-state index < -0.39 is 41.2 Å². The van der Waals surface area contributed by atoms with Gasteiger partial charge in [0.25, 0.3) is 0 Å². The van der Waals surface area contributed by atoms with E-state index in [2.05, 4.69) is 12.2 Å². The zero-order valence-electron chi connectivity index (χ0n) is 26.3. The molecule has 9 nitrogen and oxygen atoms in total. The number of nitrogens with one attached hydrogen (secondary N) is 1. The average Bonchev–Trinajstić information content (AvgIpc) is 3.07. The molecule has 3 N–H and O–H groups in total. The van der Waals surface area contributed by atoms with Crippen molar-refractivity contribution in [1.29, 1.82) is 0 Å². The number of carbonyl (C=O) groups is 4. The van der Waals surface area contributed by atoms with Crippen molar-refractivity contribution in [2.45, 2.75) is 64.0 Å². The number of unbranched alkanes of at least 4 members (excludes halogenated alkanes) is 4. The first-order valence-electron chi connectivity index (χ1n) is 15.9. The van der Waals surface area contributed by atoms with Crippen molar-refractivity contribution >= 4 is 52.8 Å². The Morgan fingerprint density at radius 3 is 2.13 bits per heavy atom. The van der Waals surface area contributed by atoms with Crippen LogP contribution < -0.4 is 10.2 Å². The molecule has 1 aliphatic rings. The summed E-state index contributed by atoms with van der Waals surface area (Å²) in [6.45, 7) is 3.33. The summed E-state index contributed by atoms with van der Waals surface area (Å²) < 4.78 is 5.95. The molecular weight excluding hydrogens is 643 g/mol. The molecule has 0 aromatic heterocycles. The van der Waals surface area contributed by atoms with Crippen LogP contribution in [0.5, 0.6) is 11.5 Å². The van der Waals surface area contributed by atoms with Gasteiger partial charge in [0.1, 0.15) is 23.6 Å². The fourth-order valence-corrected chi connectivity index (χ4v) is 6.31. The largest absolute Gasteiger partial charge is 0.507 e. The van der Waals surface area contributed by atoms with E-state index >= 15 is 0 Å². The lowest BCUT2D eigenvalue weighted by atomic mass is 9.81. The number of carbonyl (C=O) groups excluding carboxylic acids is 4.